The maximum Gasteiger partial charge on any atom is 0.490 e. The molecule has 1 aromatic rings. The van der Waals surface area contributed by atoms with Gasteiger partial charge in [0.2, 0.25) is 5.95 Å². The van der Waals surface area contributed by atoms with Crippen molar-refractivity contribution in [1.29, 1.82) is 0 Å². The second kappa shape index (κ2) is 14.6. The highest BCUT2D eigenvalue weighted by Gasteiger charge is 2.40. The van der Waals surface area contributed by atoms with Gasteiger partial charge in [0.05, 0.1) is 13.2 Å². The maximum atomic E-state index is 10.6. The number of aliphatic carboxylic acids is 2. The van der Waals surface area contributed by atoms with Crippen LogP contribution in [0.25, 0.3) is 0 Å². The van der Waals surface area contributed by atoms with Crippen LogP contribution in [0.3, 0.4) is 0 Å². The van der Waals surface area contributed by atoms with Crippen LogP contribution < -0.4 is 4.90 Å². The van der Waals surface area contributed by atoms with Gasteiger partial charge in [0.1, 0.15) is 0 Å². The highest BCUT2D eigenvalue weighted by atomic mass is 19.4. The van der Waals surface area contributed by atoms with Crippen molar-refractivity contribution in [3.8, 4) is 0 Å². The molecule has 0 saturated carbocycles. The lowest BCUT2D eigenvalue weighted by Gasteiger charge is -2.44. The van der Waals surface area contributed by atoms with E-state index in [4.69, 9.17) is 29.3 Å². The molecule has 3 aliphatic rings. The number of carboxylic acid groups (broad SMARTS) is 2. The molecule has 4 heterocycles. The number of likely N-dealkylation sites (tertiary alicyclic amines) is 1. The fourth-order valence-corrected chi connectivity index (χ4v) is 4.63. The first-order valence-electron chi connectivity index (χ1n) is 12.2. The molecule has 39 heavy (non-hydrogen) atoms. The van der Waals surface area contributed by atoms with E-state index in [2.05, 4.69) is 19.8 Å². The third-order valence-corrected chi connectivity index (χ3v) is 6.36. The summed E-state index contributed by atoms with van der Waals surface area (Å²) in [5.74, 6) is -3.88. The predicted octanol–water partition coefficient (Wildman–Crippen LogP) is 3.09. The third-order valence-electron chi connectivity index (χ3n) is 6.36. The van der Waals surface area contributed by atoms with Crippen molar-refractivity contribution in [2.75, 3.05) is 64.1 Å². The van der Waals surface area contributed by atoms with Gasteiger partial charge in [0, 0.05) is 57.2 Å². The molecule has 10 nitrogen and oxygen atoms in total. The van der Waals surface area contributed by atoms with Crippen LogP contribution in [0.15, 0.2) is 18.5 Å². The molecule has 0 aromatic carbocycles. The normalized spacial score (nSPS) is 23.1. The molecular formula is C23H32F6N4O6. The van der Waals surface area contributed by atoms with E-state index in [1.165, 1.54) is 38.8 Å². The Hall–Kier alpha value is -2.72. The highest BCUT2D eigenvalue weighted by Crippen LogP contribution is 2.34. The predicted molar refractivity (Wildman–Crippen MR) is 124 cm³/mol. The zero-order chi connectivity index (χ0) is 29.1. The molecular weight excluding hydrogens is 542 g/mol. The molecule has 222 valence electrons. The number of hydrogen-bond acceptors (Lipinski definition) is 8. The molecule has 0 bridgehead atoms. The second-order valence-corrected chi connectivity index (χ2v) is 9.52. The Morgan fingerprint density at radius 3 is 2.03 bits per heavy atom. The minimum Gasteiger partial charge on any atom is -0.475 e. The molecule has 16 heteroatoms. The van der Waals surface area contributed by atoms with Crippen LogP contribution in [0.4, 0.5) is 32.3 Å². The SMILES string of the molecule is O=C(O)C(F)(F)F.O=C(O)C(F)(F)F.c1cnc(N2CCOCC3(CCCN(CC4CCOCC4)C3)C2)nc1. The van der Waals surface area contributed by atoms with Gasteiger partial charge in [-0.2, -0.15) is 26.3 Å². The molecule has 0 aliphatic carbocycles. The summed E-state index contributed by atoms with van der Waals surface area (Å²) < 4.78 is 75.0. The van der Waals surface area contributed by atoms with Crippen LogP contribution in [0.1, 0.15) is 25.7 Å². The second-order valence-electron chi connectivity index (χ2n) is 9.52. The number of aromatic nitrogens is 2. The summed E-state index contributed by atoms with van der Waals surface area (Å²) >= 11 is 0. The van der Waals surface area contributed by atoms with Crippen molar-refractivity contribution in [3.63, 3.8) is 0 Å². The maximum absolute atomic E-state index is 10.6. The van der Waals surface area contributed by atoms with Gasteiger partial charge < -0.3 is 29.5 Å². The quantitative estimate of drug-likeness (QED) is 0.521. The van der Waals surface area contributed by atoms with Gasteiger partial charge in [-0.25, -0.2) is 19.6 Å². The molecule has 0 amide bonds. The van der Waals surface area contributed by atoms with Gasteiger partial charge >= 0.3 is 24.3 Å². The Bertz CT molecular complexity index is 877. The van der Waals surface area contributed by atoms with Crippen LogP contribution in [-0.4, -0.2) is 109 Å². The van der Waals surface area contributed by atoms with Gasteiger partial charge in [-0.15, -0.1) is 0 Å². The Morgan fingerprint density at radius 1 is 0.923 bits per heavy atom. The van der Waals surface area contributed by atoms with E-state index < -0.39 is 24.3 Å². The minimum absolute atomic E-state index is 0.207. The minimum atomic E-state index is -5.08. The number of rotatable bonds is 3. The molecule has 1 aromatic heterocycles. The summed E-state index contributed by atoms with van der Waals surface area (Å²) in [6.07, 6.45) is -1.58. The zero-order valence-corrected chi connectivity index (χ0v) is 21.1. The number of hydrogen-bond donors (Lipinski definition) is 2. The summed E-state index contributed by atoms with van der Waals surface area (Å²) in [4.78, 5) is 31.7. The van der Waals surface area contributed by atoms with Crippen molar-refractivity contribution in [1.82, 2.24) is 14.9 Å². The van der Waals surface area contributed by atoms with E-state index in [9.17, 15) is 26.3 Å². The monoisotopic (exact) mass is 574 g/mol. The first-order valence-corrected chi connectivity index (χ1v) is 12.2. The molecule has 4 rings (SSSR count). The van der Waals surface area contributed by atoms with Gasteiger partial charge in [0.15, 0.2) is 0 Å². The van der Waals surface area contributed by atoms with Gasteiger partial charge in [0.25, 0.3) is 0 Å². The van der Waals surface area contributed by atoms with E-state index in [1.54, 1.807) is 0 Å². The summed E-state index contributed by atoms with van der Waals surface area (Å²) in [7, 11) is 0. The van der Waals surface area contributed by atoms with E-state index in [0.29, 0.717) is 0 Å². The van der Waals surface area contributed by atoms with E-state index >= 15 is 0 Å². The molecule has 2 N–H and O–H groups in total. The first-order chi connectivity index (χ1) is 18.2. The summed E-state index contributed by atoms with van der Waals surface area (Å²) in [5, 5.41) is 14.2. The lowest BCUT2D eigenvalue weighted by molar-refractivity contribution is -0.193. The molecule has 3 saturated heterocycles. The van der Waals surface area contributed by atoms with Crippen molar-refractivity contribution in [2.24, 2.45) is 11.3 Å². The third kappa shape index (κ3) is 11.5. The van der Waals surface area contributed by atoms with Crippen LogP contribution in [0.5, 0.6) is 0 Å². The Morgan fingerprint density at radius 2 is 1.49 bits per heavy atom. The fraction of sp³-hybridized carbons (Fsp3) is 0.739. The highest BCUT2D eigenvalue weighted by molar-refractivity contribution is 5.73. The average Bonchev–Trinajstić information content (AvgIpc) is 3.07. The molecule has 3 fully saturated rings. The van der Waals surface area contributed by atoms with Gasteiger partial charge in [-0.3, -0.25) is 0 Å². The average molecular weight is 575 g/mol. The number of anilines is 1. The molecule has 1 spiro atoms. The molecule has 3 aliphatic heterocycles. The summed E-state index contributed by atoms with van der Waals surface area (Å²) in [6, 6.07) is 1.88. The van der Waals surface area contributed by atoms with Crippen molar-refractivity contribution >= 4 is 17.9 Å². The number of ether oxygens (including phenoxy) is 2. The largest absolute Gasteiger partial charge is 0.490 e. The van der Waals surface area contributed by atoms with Crippen LogP contribution >= 0.6 is 0 Å². The van der Waals surface area contributed by atoms with Crippen LogP contribution in [0, 0.1) is 11.3 Å². The molecule has 0 radical (unpaired) electrons. The smallest absolute Gasteiger partial charge is 0.475 e. The van der Waals surface area contributed by atoms with Crippen molar-refractivity contribution in [2.45, 2.75) is 38.0 Å². The van der Waals surface area contributed by atoms with Crippen molar-refractivity contribution in [3.05, 3.63) is 18.5 Å². The number of nitrogens with zero attached hydrogens (tertiary/aromatic N) is 4. The lowest BCUT2D eigenvalue weighted by atomic mass is 9.79. The fourth-order valence-electron chi connectivity index (χ4n) is 4.63. The summed E-state index contributed by atoms with van der Waals surface area (Å²) in [5.41, 5.74) is 0.207. The summed E-state index contributed by atoms with van der Waals surface area (Å²) in [6.45, 7) is 8.95. The zero-order valence-electron chi connectivity index (χ0n) is 21.1. The number of carboxylic acids is 2. The topological polar surface area (TPSA) is 125 Å². The lowest BCUT2D eigenvalue weighted by Crippen LogP contribution is -2.52. The Kier molecular flexibility index (Phi) is 12.2. The number of alkyl halides is 6. The first kappa shape index (κ1) is 32.5. The van der Waals surface area contributed by atoms with Crippen molar-refractivity contribution < 1.29 is 55.6 Å². The Balaban J connectivity index is 0.000000317. The van der Waals surface area contributed by atoms with Crippen LogP contribution in [0.2, 0.25) is 0 Å². The Labute approximate surface area is 220 Å². The number of piperidine rings is 1. The van der Waals surface area contributed by atoms with E-state index in [1.807, 2.05) is 18.5 Å². The van der Waals surface area contributed by atoms with Gasteiger partial charge in [-0.1, -0.05) is 0 Å². The van der Waals surface area contributed by atoms with Crippen LogP contribution in [-0.2, 0) is 19.1 Å². The molecule has 1 atom stereocenters. The van der Waals surface area contributed by atoms with E-state index in [-0.39, 0.29) is 5.41 Å². The molecule has 1 unspecified atom stereocenters. The number of carbonyl (C=O) groups is 2. The van der Waals surface area contributed by atoms with E-state index in [0.717, 1.165) is 57.9 Å². The number of halogens is 6. The standard InChI is InChI=1S/C19H30N4O2.2C2HF3O2/c1-5-19(14-22(8-1)13-17-3-10-24-11-4-17)15-23(9-12-25-16-19)18-20-6-2-7-21-18;2*3-2(4,5)1(6)7/h2,6-7,17H,1,3-5,8-16H2;2*(H,6,7). The van der Waals surface area contributed by atoms with Gasteiger partial charge in [-0.05, 0) is 44.2 Å².